The van der Waals surface area contributed by atoms with Gasteiger partial charge in [0.2, 0.25) is 5.95 Å². The normalized spacial score (nSPS) is 21.5. The topological polar surface area (TPSA) is 58.3 Å². The van der Waals surface area contributed by atoms with Gasteiger partial charge in [0.15, 0.2) is 16.5 Å². The lowest BCUT2D eigenvalue weighted by Gasteiger charge is -2.35. The maximum Gasteiger partial charge on any atom is 0.241 e. The lowest BCUT2D eigenvalue weighted by atomic mass is 9.72. The fourth-order valence-corrected chi connectivity index (χ4v) is 7.47. The van der Waals surface area contributed by atoms with Crippen LogP contribution in [0, 0.1) is 11.3 Å². The molecule has 6 nitrogen and oxygen atoms in total. The van der Waals surface area contributed by atoms with Crippen LogP contribution in [0.3, 0.4) is 0 Å². The van der Waals surface area contributed by atoms with E-state index in [2.05, 4.69) is 64.1 Å². The summed E-state index contributed by atoms with van der Waals surface area (Å²) in [5, 5.41) is 16.9. The van der Waals surface area contributed by atoms with Gasteiger partial charge in [0.1, 0.15) is 5.00 Å². The van der Waals surface area contributed by atoms with Gasteiger partial charge >= 0.3 is 0 Å². The fourth-order valence-electron chi connectivity index (χ4n) is 4.57. The van der Waals surface area contributed by atoms with Crippen LogP contribution in [0.2, 0.25) is 0 Å². The van der Waals surface area contributed by atoms with Crippen molar-refractivity contribution in [2.45, 2.75) is 51.4 Å². The number of amidine groups is 1. The molecule has 1 aliphatic carbocycles. The number of nitrogens with one attached hydrogen (secondary N) is 1. The number of anilines is 1. The van der Waals surface area contributed by atoms with Crippen LogP contribution < -0.4 is 10.3 Å². The SMILES string of the molecule is C=CCSC1=NNC2c3c(sc4c3CC[C@@H](C(C)(C)C)C4)-n3c(SCC=C)nnc3N12. The Balaban J connectivity index is 1.62. The number of hydrazone groups is 1. The predicted molar refractivity (Wildman–Crippen MR) is 134 cm³/mol. The summed E-state index contributed by atoms with van der Waals surface area (Å²) in [4.78, 5) is 3.73. The van der Waals surface area contributed by atoms with Crippen molar-refractivity contribution in [3.63, 3.8) is 0 Å². The molecule has 0 saturated heterocycles. The summed E-state index contributed by atoms with van der Waals surface area (Å²) >= 11 is 5.27. The summed E-state index contributed by atoms with van der Waals surface area (Å²) in [5.41, 5.74) is 6.60. The number of thiophene rings is 1. The Hall–Kier alpha value is -1.71. The maximum atomic E-state index is 4.68. The molecule has 9 heteroatoms. The molecule has 2 atom stereocenters. The van der Waals surface area contributed by atoms with E-state index < -0.39 is 0 Å². The minimum atomic E-state index is -0.0116. The van der Waals surface area contributed by atoms with Crippen molar-refractivity contribution in [3.8, 4) is 5.00 Å². The highest BCUT2D eigenvalue weighted by molar-refractivity contribution is 8.14. The zero-order chi connectivity index (χ0) is 21.8. The van der Waals surface area contributed by atoms with E-state index in [1.807, 2.05) is 23.5 Å². The van der Waals surface area contributed by atoms with Crippen LogP contribution in [0.4, 0.5) is 5.95 Å². The minimum absolute atomic E-state index is 0.0116. The number of nitrogens with zero attached hydrogens (tertiary/aromatic N) is 5. The van der Waals surface area contributed by atoms with Gasteiger partial charge in [-0.1, -0.05) is 56.4 Å². The quantitative estimate of drug-likeness (QED) is 0.466. The lowest BCUT2D eigenvalue weighted by molar-refractivity contribution is 0.217. The summed E-state index contributed by atoms with van der Waals surface area (Å²) in [5.74, 6) is 3.16. The molecule has 0 saturated carbocycles. The molecule has 3 aliphatic rings. The molecular formula is C22H28N6S3. The minimum Gasteiger partial charge on any atom is -0.280 e. The zero-order valence-electron chi connectivity index (χ0n) is 18.2. The van der Waals surface area contributed by atoms with Crippen LogP contribution in [0.1, 0.15) is 49.4 Å². The van der Waals surface area contributed by atoms with E-state index in [-0.39, 0.29) is 6.17 Å². The van der Waals surface area contributed by atoms with Crippen LogP contribution in [0.5, 0.6) is 0 Å². The molecule has 164 valence electrons. The Morgan fingerprint density at radius 3 is 2.71 bits per heavy atom. The van der Waals surface area contributed by atoms with Crippen molar-refractivity contribution >= 4 is 46.0 Å². The Morgan fingerprint density at radius 2 is 1.97 bits per heavy atom. The van der Waals surface area contributed by atoms with Crippen LogP contribution >= 0.6 is 34.9 Å². The molecule has 1 unspecified atom stereocenters. The smallest absolute Gasteiger partial charge is 0.241 e. The van der Waals surface area contributed by atoms with Gasteiger partial charge in [0, 0.05) is 21.9 Å². The number of hydrogen-bond donors (Lipinski definition) is 1. The van der Waals surface area contributed by atoms with E-state index in [1.165, 1.54) is 27.4 Å². The van der Waals surface area contributed by atoms with Crippen molar-refractivity contribution in [2.24, 2.45) is 16.4 Å². The van der Waals surface area contributed by atoms with Gasteiger partial charge in [-0.2, -0.15) is 5.10 Å². The van der Waals surface area contributed by atoms with Crippen molar-refractivity contribution in [1.29, 1.82) is 0 Å². The first-order valence-electron chi connectivity index (χ1n) is 10.6. The molecule has 4 heterocycles. The van der Waals surface area contributed by atoms with Crippen LogP contribution in [-0.4, -0.2) is 31.4 Å². The molecule has 2 aliphatic heterocycles. The first-order valence-corrected chi connectivity index (χ1v) is 13.4. The molecule has 0 amide bonds. The average molecular weight is 473 g/mol. The van der Waals surface area contributed by atoms with E-state index in [1.54, 1.807) is 23.5 Å². The zero-order valence-corrected chi connectivity index (χ0v) is 20.7. The van der Waals surface area contributed by atoms with E-state index in [4.69, 9.17) is 0 Å². The third kappa shape index (κ3) is 3.45. The van der Waals surface area contributed by atoms with Crippen molar-refractivity contribution in [1.82, 2.24) is 20.2 Å². The summed E-state index contributed by atoms with van der Waals surface area (Å²) in [7, 11) is 0. The number of aromatic nitrogens is 3. The number of thioether (sulfide) groups is 2. The van der Waals surface area contributed by atoms with E-state index in [0.29, 0.717) is 11.3 Å². The Bertz CT molecular complexity index is 1060. The fraction of sp³-hybridized carbons (Fsp3) is 0.500. The van der Waals surface area contributed by atoms with Crippen LogP contribution in [0.25, 0.3) is 5.00 Å². The summed E-state index contributed by atoms with van der Waals surface area (Å²) in [6.07, 6.45) is 7.31. The largest absolute Gasteiger partial charge is 0.280 e. The van der Waals surface area contributed by atoms with Crippen molar-refractivity contribution in [2.75, 3.05) is 16.4 Å². The predicted octanol–water partition coefficient (Wildman–Crippen LogP) is 5.37. The van der Waals surface area contributed by atoms with Gasteiger partial charge in [-0.25, -0.2) is 4.57 Å². The highest BCUT2D eigenvalue weighted by Gasteiger charge is 2.45. The first kappa shape index (κ1) is 21.2. The summed E-state index contributed by atoms with van der Waals surface area (Å²) in [6, 6.07) is 0. The van der Waals surface area contributed by atoms with Gasteiger partial charge in [0.05, 0.1) is 0 Å². The first-order chi connectivity index (χ1) is 14.9. The number of fused-ring (bicyclic) bond motifs is 8. The number of hydrogen-bond acceptors (Lipinski definition) is 8. The highest BCUT2D eigenvalue weighted by Crippen LogP contribution is 2.51. The molecule has 5 rings (SSSR count). The molecule has 0 spiro atoms. The third-order valence-corrected chi connectivity index (χ3v) is 9.36. The van der Waals surface area contributed by atoms with Gasteiger partial charge in [-0.05, 0) is 36.2 Å². The molecule has 1 N–H and O–H groups in total. The Kier molecular flexibility index (Phi) is 5.46. The summed E-state index contributed by atoms with van der Waals surface area (Å²) in [6.45, 7) is 14.8. The third-order valence-electron chi connectivity index (χ3n) is 6.23. The van der Waals surface area contributed by atoms with E-state index in [9.17, 15) is 0 Å². The van der Waals surface area contributed by atoms with Crippen LogP contribution in [0.15, 0.2) is 35.6 Å². The second kappa shape index (κ2) is 8.01. The summed E-state index contributed by atoms with van der Waals surface area (Å²) < 4.78 is 2.24. The number of rotatable bonds is 5. The van der Waals surface area contributed by atoms with Gasteiger partial charge in [0.25, 0.3) is 0 Å². The Morgan fingerprint density at radius 1 is 1.19 bits per heavy atom. The second-order valence-electron chi connectivity index (χ2n) is 9.14. The lowest BCUT2D eigenvalue weighted by Crippen LogP contribution is -2.38. The molecule has 31 heavy (non-hydrogen) atoms. The van der Waals surface area contributed by atoms with Crippen molar-refractivity contribution < 1.29 is 0 Å². The van der Waals surface area contributed by atoms with Gasteiger partial charge in [-0.15, -0.1) is 34.7 Å². The van der Waals surface area contributed by atoms with E-state index >= 15 is 0 Å². The highest BCUT2D eigenvalue weighted by atomic mass is 32.2. The average Bonchev–Trinajstić information content (AvgIpc) is 3.43. The Labute approximate surface area is 196 Å². The molecule has 0 aromatic carbocycles. The molecule has 0 fully saturated rings. The molecule has 0 radical (unpaired) electrons. The molecular weight excluding hydrogens is 444 g/mol. The molecule has 0 bridgehead atoms. The molecule has 2 aromatic heterocycles. The van der Waals surface area contributed by atoms with Crippen LogP contribution in [-0.2, 0) is 12.8 Å². The molecule has 2 aromatic rings. The maximum absolute atomic E-state index is 4.68. The monoisotopic (exact) mass is 472 g/mol. The van der Waals surface area contributed by atoms with Crippen molar-refractivity contribution in [3.05, 3.63) is 41.3 Å². The second-order valence-corrected chi connectivity index (χ2v) is 12.2. The van der Waals surface area contributed by atoms with Gasteiger partial charge < -0.3 is 0 Å². The van der Waals surface area contributed by atoms with E-state index in [0.717, 1.165) is 40.6 Å². The van der Waals surface area contributed by atoms with Gasteiger partial charge in [-0.3, -0.25) is 10.3 Å². The standard InChI is InChI=1S/C22H28N6S3/c1-6-10-29-20-25-23-17-16-14-9-8-13(22(3,4)5)12-15(14)31-18(16)28-19(27(17)20)24-26-21(28)30-11-7-2/h6-7,13,17,23H,1-2,8-12H2,3-5H3/t13-,17?/m1/s1.